The van der Waals surface area contributed by atoms with E-state index in [0.717, 1.165) is 12.1 Å². The summed E-state index contributed by atoms with van der Waals surface area (Å²) in [4.78, 5) is 11.1. The molecule has 3 heterocycles. The topological polar surface area (TPSA) is 267 Å². The van der Waals surface area contributed by atoms with Gasteiger partial charge in [0.2, 0.25) is 6.29 Å². The molecule has 0 bridgehead atoms. The van der Waals surface area contributed by atoms with Gasteiger partial charge in [0.05, 0.1) is 19.3 Å². The average Bonchev–Trinajstić information content (AvgIpc) is 3.01. The van der Waals surface area contributed by atoms with Crippen LogP contribution in [0.4, 0.5) is 18.9 Å². The van der Waals surface area contributed by atoms with Crippen LogP contribution < -0.4 is 10.1 Å². The monoisotopic (exact) mass is 675 g/mol. The normalized spacial score (nSPS) is 42.0. The minimum absolute atomic E-state index is 0.0284. The van der Waals surface area contributed by atoms with Gasteiger partial charge >= 0.3 is 12.1 Å². The summed E-state index contributed by atoms with van der Waals surface area (Å²) in [6, 6.07) is 4.51. The van der Waals surface area contributed by atoms with Crippen molar-refractivity contribution in [2.45, 2.75) is 105 Å². The van der Waals surface area contributed by atoms with Crippen molar-refractivity contribution in [3.63, 3.8) is 0 Å². The number of carbonyl (C=O) groups is 1. The van der Waals surface area contributed by atoms with Gasteiger partial charge in [-0.25, -0.2) is 0 Å². The van der Waals surface area contributed by atoms with Gasteiger partial charge in [-0.1, -0.05) is 0 Å². The molecule has 1 aromatic rings. The van der Waals surface area contributed by atoms with Crippen molar-refractivity contribution in [2.75, 3.05) is 18.5 Å². The van der Waals surface area contributed by atoms with E-state index in [1.54, 1.807) is 5.32 Å². The fourth-order valence-corrected chi connectivity index (χ4v) is 5.04. The van der Waals surface area contributed by atoms with Crippen molar-refractivity contribution in [1.82, 2.24) is 0 Å². The number of hydrogen-bond donors (Lipinski definition) is 10. The van der Waals surface area contributed by atoms with E-state index in [0.29, 0.717) is 0 Å². The number of amides is 1. The highest BCUT2D eigenvalue weighted by Gasteiger charge is 2.53. The lowest BCUT2D eigenvalue weighted by atomic mass is 9.96. The Balaban J connectivity index is 1.45. The lowest BCUT2D eigenvalue weighted by molar-refractivity contribution is -0.384. The third-order valence-electron chi connectivity index (χ3n) is 7.65. The zero-order chi connectivity index (χ0) is 34.1. The number of benzene rings is 1. The van der Waals surface area contributed by atoms with E-state index in [1.165, 1.54) is 19.1 Å². The summed E-state index contributed by atoms with van der Waals surface area (Å²) in [6.45, 7) is -0.231. The van der Waals surface area contributed by atoms with E-state index in [2.05, 4.69) is 0 Å². The summed E-state index contributed by atoms with van der Waals surface area (Å²) < 4.78 is 70.8. The number of aliphatic hydroxyl groups excluding tert-OH is 9. The van der Waals surface area contributed by atoms with Crippen molar-refractivity contribution in [1.29, 1.82) is 0 Å². The quantitative estimate of drug-likeness (QED) is 0.120. The summed E-state index contributed by atoms with van der Waals surface area (Å²) in [7, 11) is 0. The van der Waals surface area contributed by atoms with Gasteiger partial charge < -0.3 is 79.7 Å². The third-order valence-corrected chi connectivity index (χ3v) is 7.65. The molecule has 4 rings (SSSR count). The Labute approximate surface area is 258 Å². The van der Waals surface area contributed by atoms with Gasteiger partial charge in [-0.3, -0.25) is 4.79 Å². The predicted molar refractivity (Wildman–Crippen MR) is 139 cm³/mol. The number of ether oxygens (including phenoxy) is 6. The van der Waals surface area contributed by atoms with E-state index in [9.17, 15) is 63.9 Å². The van der Waals surface area contributed by atoms with Gasteiger partial charge in [-0.2, -0.15) is 13.2 Å². The highest BCUT2D eigenvalue weighted by atomic mass is 19.4. The maximum Gasteiger partial charge on any atom is 0.471 e. The van der Waals surface area contributed by atoms with Crippen LogP contribution in [0.15, 0.2) is 24.3 Å². The SMILES string of the molecule is C[C@@H]1O[C@@H](Oc2ccc(NC(=O)C(F)(F)F)cc2)[C@@H](O)[C@H](O)[C@@H]1O[C@H]1O[C@@H](CO)[C@@H](O)[C@H](O)[C@H]1O[C@H]1O[C@@H](CO)[C@@H](O)[C@H](O)[C@H]1O. The van der Waals surface area contributed by atoms with Crippen LogP contribution in [-0.2, 0) is 28.5 Å². The fourth-order valence-electron chi connectivity index (χ4n) is 5.04. The Hall–Kier alpha value is -2.28. The van der Waals surface area contributed by atoms with Crippen molar-refractivity contribution in [3.05, 3.63) is 24.3 Å². The second-order valence-electron chi connectivity index (χ2n) is 10.9. The molecule has 0 spiro atoms. The summed E-state index contributed by atoms with van der Waals surface area (Å²) in [5, 5.41) is 94.2. The number of aliphatic hydroxyl groups is 9. The third kappa shape index (κ3) is 7.88. The van der Waals surface area contributed by atoms with Crippen molar-refractivity contribution < 1.29 is 92.3 Å². The maximum absolute atomic E-state index is 12.5. The van der Waals surface area contributed by atoms with Crippen LogP contribution in [0.25, 0.3) is 0 Å². The molecule has 1 aromatic carbocycles. The Morgan fingerprint density at radius 3 is 1.78 bits per heavy atom. The first-order chi connectivity index (χ1) is 21.6. The molecule has 3 fully saturated rings. The number of anilines is 1. The lowest BCUT2D eigenvalue weighted by Crippen LogP contribution is -2.66. The van der Waals surface area contributed by atoms with Crippen molar-refractivity contribution >= 4 is 11.6 Å². The summed E-state index contributed by atoms with van der Waals surface area (Å²) in [6.07, 6.45) is -30.2. The average molecular weight is 676 g/mol. The Bertz CT molecular complexity index is 1150. The number of alkyl halides is 3. The zero-order valence-corrected chi connectivity index (χ0v) is 23.9. The predicted octanol–water partition coefficient (Wildman–Crippen LogP) is -3.96. The smallest absolute Gasteiger partial charge is 0.462 e. The second kappa shape index (κ2) is 14.9. The Morgan fingerprint density at radius 1 is 0.717 bits per heavy atom. The van der Waals surface area contributed by atoms with Gasteiger partial charge in [-0.15, -0.1) is 0 Å². The number of rotatable bonds is 9. The molecule has 0 radical (unpaired) electrons. The molecule has 46 heavy (non-hydrogen) atoms. The van der Waals surface area contributed by atoms with Gasteiger partial charge in [0.15, 0.2) is 12.6 Å². The number of carbonyl (C=O) groups excluding carboxylic acids is 1. The van der Waals surface area contributed by atoms with Crippen LogP contribution in [0.5, 0.6) is 5.75 Å². The first-order valence-electron chi connectivity index (χ1n) is 14.0. The number of hydrogen-bond acceptors (Lipinski definition) is 16. The fraction of sp³-hybridized carbons (Fsp3) is 0.731. The molecule has 0 aliphatic carbocycles. The van der Waals surface area contributed by atoms with E-state index in [4.69, 9.17) is 28.4 Å². The standard InChI is InChI=1S/C26H36F3NO16/c1-8-20(17(37)19(39)22(41-8)42-10-4-2-9(3-5-10)30-25(40)26(27,28)29)45-24-21(16(36)14(34)12(7-32)44-24)46-23-18(38)15(35)13(33)11(6-31)43-23/h2-5,8,11-24,31-39H,6-7H2,1H3,(H,30,40)/t8-,11-,12-,13+,14+,15-,16-,17-,18+,19-,20+,21+,22-,23+,24+/m0/s1. The van der Waals surface area contributed by atoms with Gasteiger partial charge in [0.1, 0.15) is 72.9 Å². The lowest BCUT2D eigenvalue weighted by Gasteiger charge is -2.48. The first kappa shape index (κ1) is 36.6. The number of halogens is 3. The van der Waals surface area contributed by atoms with Crippen LogP contribution in [0, 0.1) is 0 Å². The Morgan fingerprint density at radius 2 is 1.22 bits per heavy atom. The van der Waals surface area contributed by atoms with Crippen molar-refractivity contribution in [3.8, 4) is 5.75 Å². The largest absolute Gasteiger partial charge is 0.471 e. The highest BCUT2D eigenvalue weighted by molar-refractivity contribution is 5.94. The summed E-state index contributed by atoms with van der Waals surface area (Å²) in [5.74, 6) is -2.22. The summed E-state index contributed by atoms with van der Waals surface area (Å²) >= 11 is 0. The molecule has 3 aliphatic rings. The van der Waals surface area contributed by atoms with Gasteiger partial charge in [-0.05, 0) is 31.2 Å². The van der Waals surface area contributed by atoms with Crippen LogP contribution in [0.2, 0.25) is 0 Å². The molecule has 15 atom stereocenters. The second-order valence-corrected chi connectivity index (χ2v) is 10.9. The molecular weight excluding hydrogens is 639 g/mol. The molecule has 3 aliphatic heterocycles. The van der Waals surface area contributed by atoms with Crippen LogP contribution in [0.1, 0.15) is 6.92 Å². The summed E-state index contributed by atoms with van der Waals surface area (Å²) in [5.41, 5.74) is -0.205. The highest BCUT2D eigenvalue weighted by Crippen LogP contribution is 2.33. The van der Waals surface area contributed by atoms with Crippen molar-refractivity contribution in [2.24, 2.45) is 0 Å². The zero-order valence-electron chi connectivity index (χ0n) is 23.9. The Kier molecular flexibility index (Phi) is 11.8. The minimum atomic E-state index is -5.11. The molecule has 0 unspecified atom stereocenters. The van der Waals surface area contributed by atoms with E-state index >= 15 is 0 Å². The molecule has 3 saturated heterocycles. The van der Waals surface area contributed by atoms with E-state index < -0.39 is 117 Å². The maximum atomic E-state index is 12.5. The van der Waals surface area contributed by atoms with Gasteiger partial charge in [0, 0.05) is 5.69 Å². The molecular formula is C26H36F3NO16. The molecule has 20 heteroatoms. The minimum Gasteiger partial charge on any atom is -0.462 e. The molecule has 17 nitrogen and oxygen atoms in total. The molecule has 0 aromatic heterocycles. The van der Waals surface area contributed by atoms with E-state index in [1.807, 2.05) is 0 Å². The van der Waals surface area contributed by atoms with Crippen LogP contribution >= 0.6 is 0 Å². The van der Waals surface area contributed by atoms with Crippen LogP contribution in [0.3, 0.4) is 0 Å². The van der Waals surface area contributed by atoms with Gasteiger partial charge in [0.25, 0.3) is 0 Å². The molecule has 0 saturated carbocycles. The molecule has 1 amide bonds. The van der Waals surface area contributed by atoms with E-state index in [-0.39, 0.29) is 11.4 Å². The molecule has 10 N–H and O–H groups in total. The van der Waals surface area contributed by atoms with Crippen LogP contribution in [-0.4, -0.2) is 163 Å². The number of nitrogens with one attached hydrogen (secondary N) is 1. The molecule has 262 valence electrons. The first-order valence-corrected chi connectivity index (χ1v) is 14.0.